The molecular weight excluding hydrogens is 322 g/mol. The number of rotatable bonds is 4. The zero-order valence-electron chi connectivity index (χ0n) is 11.6. The summed E-state index contributed by atoms with van der Waals surface area (Å²) in [5, 5.41) is 12.7. The fourth-order valence-corrected chi connectivity index (χ4v) is 2.50. The molecule has 0 aliphatic carbocycles. The van der Waals surface area contributed by atoms with E-state index in [1.807, 2.05) is 14.0 Å². The molecule has 5 nitrogen and oxygen atoms in total. The monoisotopic (exact) mass is 337 g/mol. The third-order valence-corrected chi connectivity index (χ3v) is 3.76. The number of hydrogen-bond acceptors (Lipinski definition) is 5. The predicted octanol–water partition coefficient (Wildman–Crippen LogP) is 3.22. The molecule has 0 aliphatic rings. The normalized spacial score (nSPS) is 10.4. The summed E-state index contributed by atoms with van der Waals surface area (Å²) >= 11 is 3.50. The van der Waals surface area contributed by atoms with E-state index in [0.29, 0.717) is 11.6 Å². The number of aryl methyl sites for hydroxylation is 1. The maximum Gasteiger partial charge on any atom is 0.161 e. The van der Waals surface area contributed by atoms with Crippen molar-refractivity contribution in [3.8, 4) is 22.9 Å². The maximum atomic E-state index is 9.64. The first-order chi connectivity index (χ1) is 9.60. The van der Waals surface area contributed by atoms with Gasteiger partial charge in [0.15, 0.2) is 17.3 Å². The van der Waals surface area contributed by atoms with Gasteiger partial charge in [-0.15, -0.1) is 0 Å². The summed E-state index contributed by atoms with van der Waals surface area (Å²) in [6, 6.07) is 5.06. The van der Waals surface area contributed by atoms with Crippen LogP contribution in [0.3, 0.4) is 0 Å². The number of methoxy groups -OCH3 is 1. The molecule has 2 rings (SSSR count). The largest absolute Gasteiger partial charge is 0.504 e. The van der Waals surface area contributed by atoms with E-state index in [1.165, 1.54) is 7.11 Å². The molecule has 0 amide bonds. The van der Waals surface area contributed by atoms with Crippen LogP contribution in [-0.4, -0.2) is 29.2 Å². The lowest BCUT2D eigenvalue weighted by molar-refractivity contribution is 0.373. The summed E-state index contributed by atoms with van der Waals surface area (Å²) in [5.41, 5.74) is 1.71. The van der Waals surface area contributed by atoms with E-state index in [9.17, 15) is 5.11 Å². The number of benzene rings is 1. The first kappa shape index (κ1) is 14.6. The summed E-state index contributed by atoms with van der Waals surface area (Å²) in [4.78, 5) is 9.01. The molecule has 0 aliphatic heterocycles. The van der Waals surface area contributed by atoms with Gasteiger partial charge in [0.25, 0.3) is 0 Å². The molecule has 106 valence electrons. The van der Waals surface area contributed by atoms with Crippen LogP contribution in [-0.2, 0) is 6.42 Å². The highest BCUT2D eigenvalue weighted by molar-refractivity contribution is 9.10. The van der Waals surface area contributed by atoms with Crippen LogP contribution in [0.15, 0.2) is 22.7 Å². The lowest BCUT2D eigenvalue weighted by atomic mass is 10.1. The van der Waals surface area contributed by atoms with Crippen molar-refractivity contribution in [2.24, 2.45) is 0 Å². The van der Waals surface area contributed by atoms with Gasteiger partial charge >= 0.3 is 0 Å². The van der Waals surface area contributed by atoms with Gasteiger partial charge in [0.2, 0.25) is 0 Å². The SMILES string of the molecule is CCc1nc(-c2ccc(O)c(OC)c2)nc(NC)c1Br. The molecule has 0 fully saturated rings. The molecule has 2 aromatic rings. The van der Waals surface area contributed by atoms with Gasteiger partial charge in [-0.3, -0.25) is 0 Å². The average molecular weight is 338 g/mol. The minimum atomic E-state index is 0.0953. The number of aromatic nitrogens is 2. The molecule has 0 atom stereocenters. The van der Waals surface area contributed by atoms with Crippen LogP contribution >= 0.6 is 15.9 Å². The van der Waals surface area contributed by atoms with Crippen molar-refractivity contribution in [2.45, 2.75) is 13.3 Å². The standard InChI is InChI=1S/C14H16BrN3O2/c1-4-9-12(15)14(16-2)18-13(17-9)8-5-6-10(19)11(7-8)20-3/h5-7,19H,4H2,1-3H3,(H,16,17,18). The second-order valence-corrected chi connectivity index (χ2v) is 4.94. The Labute approximate surface area is 126 Å². The van der Waals surface area contributed by atoms with E-state index < -0.39 is 0 Å². The highest BCUT2D eigenvalue weighted by Crippen LogP contribution is 2.32. The summed E-state index contributed by atoms with van der Waals surface area (Å²) in [5.74, 6) is 1.82. The van der Waals surface area contributed by atoms with Gasteiger partial charge in [-0.05, 0) is 40.5 Å². The fraction of sp³-hybridized carbons (Fsp3) is 0.286. The Morgan fingerprint density at radius 2 is 2.10 bits per heavy atom. The quantitative estimate of drug-likeness (QED) is 0.896. The predicted molar refractivity (Wildman–Crippen MR) is 82.3 cm³/mol. The number of nitrogens with zero attached hydrogens (tertiary/aromatic N) is 2. The van der Waals surface area contributed by atoms with Crippen LogP contribution in [0, 0.1) is 0 Å². The fourth-order valence-electron chi connectivity index (χ4n) is 1.84. The minimum absolute atomic E-state index is 0.0953. The van der Waals surface area contributed by atoms with Crippen molar-refractivity contribution >= 4 is 21.7 Å². The Bertz CT molecular complexity index is 607. The number of halogens is 1. The van der Waals surface area contributed by atoms with E-state index in [2.05, 4.69) is 31.2 Å². The Morgan fingerprint density at radius 3 is 2.70 bits per heavy atom. The second-order valence-electron chi connectivity index (χ2n) is 4.15. The molecule has 1 aromatic heterocycles. The highest BCUT2D eigenvalue weighted by Gasteiger charge is 2.13. The summed E-state index contributed by atoms with van der Waals surface area (Å²) in [7, 11) is 3.32. The van der Waals surface area contributed by atoms with Gasteiger partial charge in [0.05, 0.1) is 17.3 Å². The van der Waals surface area contributed by atoms with Crippen molar-refractivity contribution in [1.29, 1.82) is 0 Å². The average Bonchev–Trinajstić information content (AvgIpc) is 2.48. The van der Waals surface area contributed by atoms with Crippen molar-refractivity contribution in [1.82, 2.24) is 9.97 Å². The number of anilines is 1. The summed E-state index contributed by atoms with van der Waals surface area (Å²) in [6.45, 7) is 2.04. The third kappa shape index (κ3) is 2.70. The van der Waals surface area contributed by atoms with Gasteiger partial charge in [0.1, 0.15) is 5.82 Å². The van der Waals surface area contributed by atoms with Crippen molar-refractivity contribution in [3.63, 3.8) is 0 Å². The molecule has 1 aromatic carbocycles. The lowest BCUT2D eigenvalue weighted by Gasteiger charge is -2.11. The zero-order valence-corrected chi connectivity index (χ0v) is 13.2. The zero-order chi connectivity index (χ0) is 14.7. The number of phenolic OH excluding ortho intramolecular Hbond substituents is 1. The van der Waals surface area contributed by atoms with Gasteiger partial charge in [-0.1, -0.05) is 6.92 Å². The first-order valence-corrected chi connectivity index (χ1v) is 7.01. The molecule has 20 heavy (non-hydrogen) atoms. The number of phenols is 1. The minimum Gasteiger partial charge on any atom is -0.504 e. The van der Waals surface area contributed by atoms with E-state index in [0.717, 1.165) is 28.0 Å². The summed E-state index contributed by atoms with van der Waals surface area (Å²) < 4.78 is 5.99. The molecule has 0 saturated heterocycles. The number of ether oxygens (including phenoxy) is 1. The van der Waals surface area contributed by atoms with Crippen LogP contribution in [0.2, 0.25) is 0 Å². The van der Waals surface area contributed by atoms with Crippen LogP contribution < -0.4 is 10.1 Å². The van der Waals surface area contributed by atoms with E-state index in [1.54, 1.807) is 18.2 Å². The number of aromatic hydroxyl groups is 1. The highest BCUT2D eigenvalue weighted by atomic mass is 79.9. The molecule has 1 heterocycles. The topological polar surface area (TPSA) is 67.3 Å². The van der Waals surface area contributed by atoms with Crippen LogP contribution in [0.1, 0.15) is 12.6 Å². The number of hydrogen-bond donors (Lipinski definition) is 2. The molecule has 0 unspecified atom stereocenters. The second kappa shape index (κ2) is 6.09. The van der Waals surface area contributed by atoms with E-state index in [4.69, 9.17) is 4.74 Å². The first-order valence-electron chi connectivity index (χ1n) is 6.22. The number of nitrogens with one attached hydrogen (secondary N) is 1. The third-order valence-electron chi connectivity index (χ3n) is 2.93. The van der Waals surface area contributed by atoms with Gasteiger partial charge in [0, 0.05) is 12.6 Å². The van der Waals surface area contributed by atoms with Crippen LogP contribution in [0.4, 0.5) is 5.82 Å². The molecular formula is C14H16BrN3O2. The molecule has 0 radical (unpaired) electrons. The molecule has 0 saturated carbocycles. The van der Waals surface area contributed by atoms with Gasteiger partial charge < -0.3 is 15.2 Å². The maximum absolute atomic E-state index is 9.64. The Kier molecular flexibility index (Phi) is 4.44. The molecule has 2 N–H and O–H groups in total. The molecule has 6 heteroatoms. The Balaban J connectivity index is 2.57. The molecule has 0 spiro atoms. The lowest BCUT2D eigenvalue weighted by Crippen LogP contribution is -2.02. The Hall–Kier alpha value is -1.82. The Morgan fingerprint density at radius 1 is 1.35 bits per heavy atom. The van der Waals surface area contributed by atoms with Crippen molar-refractivity contribution in [2.75, 3.05) is 19.5 Å². The summed E-state index contributed by atoms with van der Waals surface area (Å²) in [6.07, 6.45) is 0.792. The van der Waals surface area contributed by atoms with Gasteiger partial charge in [-0.25, -0.2) is 9.97 Å². The van der Waals surface area contributed by atoms with Crippen molar-refractivity contribution in [3.05, 3.63) is 28.4 Å². The van der Waals surface area contributed by atoms with Gasteiger partial charge in [-0.2, -0.15) is 0 Å². The smallest absolute Gasteiger partial charge is 0.161 e. The van der Waals surface area contributed by atoms with Crippen molar-refractivity contribution < 1.29 is 9.84 Å². The van der Waals surface area contributed by atoms with Crippen LogP contribution in [0.25, 0.3) is 11.4 Å². The van der Waals surface area contributed by atoms with E-state index in [-0.39, 0.29) is 5.75 Å². The van der Waals surface area contributed by atoms with Crippen LogP contribution in [0.5, 0.6) is 11.5 Å². The van der Waals surface area contributed by atoms with E-state index >= 15 is 0 Å². The molecule has 0 bridgehead atoms.